The number of piperazine rings is 1. The zero-order chi connectivity index (χ0) is 22.5. The van der Waals surface area contributed by atoms with Crippen LogP contribution >= 0.6 is 0 Å². The van der Waals surface area contributed by atoms with E-state index in [4.69, 9.17) is 0 Å². The summed E-state index contributed by atoms with van der Waals surface area (Å²) in [6.07, 6.45) is 19.4. The lowest BCUT2D eigenvalue weighted by molar-refractivity contribution is -0.122. The number of allylic oxidation sites excluding steroid dienone is 6. The van der Waals surface area contributed by atoms with Gasteiger partial charge in [0.15, 0.2) is 11.5 Å². The van der Waals surface area contributed by atoms with Crippen LogP contribution in [0.1, 0.15) is 24.1 Å². The average molecular weight is 444 g/mol. The highest BCUT2D eigenvalue weighted by Crippen LogP contribution is 2.29. The highest BCUT2D eigenvalue weighted by Gasteiger charge is 2.32. The number of amides is 1. The van der Waals surface area contributed by atoms with Crippen molar-refractivity contribution in [2.45, 2.75) is 25.8 Å². The maximum atomic E-state index is 14.6. The molecular formula is C26H26FN5O. The van der Waals surface area contributed by atoms with Gasteiger partial charge in [-0.25, -0.2) is 9.37 Å². The fourth-order valence-corrected chi connectivity index (χ4v) is 5.26. The van der Waals surface area contributed by atoms with Crippen LogP contribution in [0.2, 0.25) is 0 Å². The quantitative estimate of drug-likeness (QED) is 0.711. The first-order valence-corrected chi connectivity index (χ1v) is 11.5. The molecule has 2 saturated heterocycles. The molecule has 168 valence electrons. The Bertz CT molecular complexity index is 1300. The molecule has 33 heavy (non-hydrogen) atoms. The number of halogens is 1. The molecule has 1 atom stereocenters. The van der Waals surface area contributed by atoms with Gasteiger partial charge < -0.3 is 9.30 Å². The fourth-order valence-electron chi connectivity index (χ4n) is 5.26. The lowest BCUT2D eigenvalue weighted by Crippen LogP contribution is -2.49. The van der Waals surface area contributed by atoms with Crippen LogP contribution in [0.15, 0.2) is 72.5 Å². The summed E-state index contributed by atoms with van der Waals surface area (Å²) in [4.78, 5) is 24.2. The maximum absolute atomic E-state index is 14.6. The molecule has 6 nitrogen and oxygen atoms in total. The van der Waals surface area contributed by atoms with Gasteiger partial charge in [-0.1, -0.05) is 12.2 Å². The van der Waals surface area contributed by atoms with Gasteiger partial charge in [-0.15, -0.1) is 0 Å². The van der Waals surface area contributed by atoms with E-state index in [9.17, 15) is 9.18 Å². The van der Waals surface area contributed by atoms with Crippen molar-refractivity contribution in [2.24, 2.45) is 0 Å². The number of carbonyl (C=O) groups is 1. The SMILES string of the molecule is Cc1cn2cc(C3=C\C(=O)N4C=C(N5CCN6CCC[C@H]6C5)C=C\C4=C/C=C/3)cc(F)c2n1. The summed E-state index contributed by atoms with van der Waals surface area (Å²) >= 11 is 0. The van der Waals surface area contributed by atoms with Crippen molar-refractivity contribution in [2.75, 3.05) is 26.2 Å². The largest absolute Gasteiger partial charge is 0.367 e. The van der Waals surface area contributed by atoms with Gasteiger partial charge in [-0.3, -0.25) is 14.6 Å². The Kier molecular flexibility index (Phi) is 4.80. The highest BCUT2D eigenvalue weighted by molar-refractivity contribution is 5.99. The van der Waals surface area contributed by atoms with Crippen LogP contribution in [0.4, 0.5) is 4.39 Å². The number of hydrogen-bond donors (Lipinski definition) is 0. The van der Waals surface area contributed by atoms with Crippen LogP contribution < -0.4 is 0 Å². The van der Waals surface area contributed by atoms with E-state index in [1.54, 1.807) is 21.6 Å². The number of aromatic nitrogens is 2. The molecule has 0 spiro atoms. The van der Waals surface area contributed by atoms with E-state index in [0.29, 0.717) is 17.2 Å². The molecule has 7 heteroatoms. The second-order valence-corrected chi connectivity index (χ2v) is 9.11. The van der Waals surface area contributed by atoms with Crippen molar-refractivity contribution >= 4 is 17.1 Å². The van der Waals surface area contributed by atoms with Crippen molar-refractivity contribution < 1.29 is 9.18 Å². The molecule has 6 heterocycles. The molecule has 0 N–H and O–H groups in total. The Morgan fingerprint density at radius 1 is 1.09 bits per heavy atom. The van der Waals surface area contributed by atoms with Crippen LogP contribution in [0.25, 0.3) is 11.2 Å². The monoisotopic (exact) mass is 443 g/mol. The summed E-state index contributed by atoms with van der Waals surface area (Å²) < 4.78 is 16.3. The van der Waals surface area contributed by atoms with Crippen molar-refractivity contribution in [3.63, 3.8) is 0 Å². The molecule has 0 radical (unpaired) electrons. The number of nitrogens with zero attached hydrogens (tertiary/aromatic N) is 5. The first kappa shape index (κ1) is 20.2. The van der Waals surface area contributed by atoms with Gasteiger partial charge in [0, 0.05) is 61.6 Å². The minimum atomic E-state index is -0.408. The van der Waals surface area contributed by atoms with E-state index in [0.717, 1.165) is 36.7 Å². The molecule has 4 aliphatic rings. The Morgan fingerprint density at radius 2 is 1.97 bits per heavy atom. The van der Waals surface area contributed by atoms with Crippen molar-refractivity contribution in [3.8, 4) is 0 Å². The Labute approximate surface area is 192 Å². The van der Waals surface area contributed by atoms with Gasteiger partial charge in [0.25, 0.3) is 5.91 Å². The summed E-state index contributed by atoms with van der Waals surface area (Å²) in [5.41, 5.74) is 4.21. The molecule has 0 saturated carbocycles. The predicted molar refractivity (Wildman–Crippen MR) is 125 cm³/mol. The Morgan fingerprint density at radius 3 is 2.88 bits per heavy atom. The number of fused-ring (bicyclic) bond motifs is 3. The van der Waals surface area contributed by atoms with E-state index in [1.807, 2.05) is 43.6 Å². The fraction of sp³-hybridized carbons (Fsp3) is 0.308. The molecule has 0 aliphatic carbocycles. The molecule has 0 unspecified atom stereocenters. The normalized spacial score (nSPS) is 27.3. The zero-order valence-electron chi connectivity index (χ0n) is 18.6. The van der Waals surface area contributed by atoms with Crippen LogP contribution in [-0.2, 0) is 4.79 Å². The van der Waals surface area contributed by atoms with Gasteiger partial charge in [0.05, 0.1) is 11.4 Å². The van der Waals surface area contributed by atoms with Crippen LogP contribution in [-0.4, -0.2) is 62.2 Å². The van der Waals surface area contributed by atoms with Crippen LogP contribution in [0.3, 0.4) is 0 Å². The van der Waals surface area contributed by atoms with E-state index in [1.165, 1.54) is 25.5 Å². The number of aryl methyl sites for hydroxylation is 1. The topological polar surface area (TPSA) is 44.1 Å². The molecule has 6 rings (SSSR count). The predicted octanol–water partition coefficient (Wildman–Crippen LogP) is 3.64. The summed E-state index contributed by atoms with van der Waals surface area (Å²) in [5, 5.41) is 0. The second kappa shape index (κ2) is 7.85. The molecule has 0 aromatic carbocycles. The van der Waals surface area contributed by atoms with Crippen LogP contribution in [0.5, 0.6) is 0 Å². The van der Waals surface area contributed by atoms with E-state index >= 15 is 0 Å². The minimum absolute atomic E-state index is 0.149. The Balaban J connectivity index is 1.31. The average Bonchev–Trinajstić information content (AvgIpc) is 3.42. The van der Waals surface area contributed by atoms with E-state index < -0.39 is 5.82 Å². The van der Waals surface area contributed by atoms with Crippen molar-refractivity contribution in [3.05, 3.63) is 89.6 Å². The third kappa shape index (κ3) is 3.62. The molecule has 2 fully saturated rings. The minimum Gasteiger partial charge on any atom is -0.367 e. The van der Waals surface area contributed by atoms with Gasteiger partial charge in [-0.05, 0) is 56.2 Å². The number of carbonyl (C=O) groups excluding carboxylic acids is 1. The van der Waals surface area contributed by atoms with Gasteiger partial charge in [-0.2, -0.15) is 0 Å². The first-order valence-electron chi connectivity index (χ1n) is 11.5. The zero-order valence-corrected chi connectivity index (χ0v) is 18.6. The van der Waals surface area contributed by atoms with Crippen LogP contribution in [0, 0.1) is 12.7 Å². The van der Waals surface area contributed by atoms with Crippen molar-refractivity contribution in [1.82, 2.24) is 24.1 Å². The van der Waals surface area contributed by atoms with E-state index in [-0.39, 0.29) is 11.6 Å². The van der Waals surface area contributed by atoms with Gasteiger partial charge in [0.1, 0.15) is 0 Å². The molecule has 2 aromatic rings. The van der Waals surface area contributed by atoms with E-state index in [2.05, 4.69) is 20.9 Å². The maximum Gasteiger partial charge on any atom is 0.255 e. The molecule has 2 aromatic heterocycles. The number of rotatable bonds is 2. The number of imidazole rings is 1. The Hall–Kier alpha value is -3.45. The highest BCUT2D eigenvalue weighted by atomic mass is 19.1. The number of pyridine rings is 1. The second-order valence-electron chi connectivity index (χ2n) is 9.11. The third-order valence-corrected chi connectivity index (χ3v) is 6.94. The van der Waals surface area contributed by atoms with Gasteiger partial charge >= 0.3 is 0 Å². The summed E-state index contributed by atoms with van der Waals surface area (Å²) in [5.74, 6) is -0.556. The molecule has 1 amide bonds. The standard InChI is InChI=1S/C26H26FN5O/c1-18-14-31-15-20(12-24(27)26(31)28-18)19-4-2-5-21-7-8-23(17-32(21)25(33)13-19)30-11-10-29-9-3-6-22(29)16-30/h2,4-5,7-8,12-15,17,22H,3,6,9-11,16H2,1H3/b4-2+,19-13+,21-5+/t22-/m0/s1. The first-order chi connectivity index (χ1) is 16.0. The molecular weight excluding hydrogens is 417 g/mol. The van der Waals surface area contributed by atoms with Gasteiger partial charge in [0.2, 0.25) is 0 Å². The summed E-state index contributed by atoms with van der Waals surface area (Å²) in [6, 6.07) is 2.05. The summed E-state index contributed by atoms with van der Waals surface area (Å²) in [6.45, 7) is 6.08. The number of hydrogen-bond acceptors (Lipinski definition) is 4. The lowest BCUT2D eigenvalue weighted by Gasteiger charge is -2.40. The molecule has 4 aliphatic heterocycles. The van der Waals surface area contributed by atoms with Crippen molar-refractivity contribution in [1.29, 1.82) is 0 Å². The molecule has 0 bridgehead atoms. The summed E-state index contributed by atoms with van der Waals surface area (Å²) in [7, 11) is 0. The third-order valence-electron chi connectivity index (χ3n) is 6.94. The smallest absolute Gasteiger partial charge is 0.255 e. The lowest BCUT2D eigenvalue weighted by atomic mass is 10.0.